The number of nitrogens with one attached hydrogen (secondary N) is 3. The maximum Gasteiger partial charge on any atom is 0.258 e. The molecule has 3 N–H and O–H groups in total. The average Bonchev–Trinajstić information content (AvgIpc) is 2.61. The van der Waals surface area contributed by atoms with Gasteiger partial charge in [0.25, 0.3) is 5.91 Å². The summed E-state index contributed by atoms with van der Waals surface area (Å²) in [7, 11) is 1.62. The smallest absolute Gasteiger partial charge is 0.258 e. The van der Waals surface area contributed by atoms with E-state index in [4.69, 9.17) is 23.8 Å². The third kappa shape index (κ3) is 5.85. The zero-order valence-electron chi connectivity index (χ0n) is 13.6. The van der Waals surface area contributed by atoms with Crippen LogP contribution in [0.2, 0.25) is 5.02 Å². The van der Waals surface area contributed by atoms with Gasteiger partial charge in [0.15, 0.2) is 5.11 Å². The van der Waals surface area contributed by atoms with Crippen LogP contribution < -0.4 is 16.0 Å². The fraction of sp³-hybridized carbons (Fsp3) is 0.167. The molecule has 0 aromatic heterocycles. The third-order valence-corrected chi connectivity index (χ3v) is 4.01. The summed E-state index contributed by atoms with van der Waals surface area (Å²) in [4.78, 5) is 23.4. The number of anilines is 1. The topological polar surface area (TPSA) is 70.2 Å². The van der Waals surface area contributed by atoms with Crippen LogP contribution in [0.4, 0.5) is 5.69 Å². The molecule has 0 radical (unpaired) electrons. The number of carbonyl (C=O) groups excluding carboxylic acids is 2. The van der Waals surface area contributed by atoms with Crippen LogP contribution in [0, 0.1) is 0 Å². The first-order chi connectivity index (χ1) is 12.0. The van der Waals surface area contributed by atoms with Gasteiger partial charge in [0.05, 0.1) is 10.6 Å². The van der Waals surface area contributed by atoms with E-state index in [-0.39, 0.29) is 16.9 Å². The molecule has 130 valence electrons. The highest BCUT2D eigenvalue weighted by Gasteiger charge is 2.11. The van der Waals surface area contributed by atoms with Crippen molar-refractivity contribution in [3.63, 3.8) is 0 Å². The molecule has 0 unspecified atom stereocenters. The van der Waals surface area contributed by atoms with E-state index >= 15 is 0 Å². The molecule has 2 amide bonds. The molecule has 0 heterocycles. The SMILES string of the molecule is CNC(=O)CCc1ccc(NC(=S)NC(=O)c2ccccc2Cl)cc1. The molecule has 0 saturated carbocycles. The minimum absolute atomic E-state index is 0.00524. The summed E-state index contributed by atoms with van der Waals surface area (Å²) in [6.45, 7) is 0. The Balaban J connectivity index is 1.89. The maximum atomic E-state index is 12.1. The van der Waals surface area contributed by atoms with Gasteiger partial charge in [-0.15, -0.1) is 0 Å². The Morgan fingerprint density at radius 1 is 1.08 bits per heavy atom. The third-order valence-electron chi connectivity index (χ3n) is 3.48. The second-order valence-corrected chi connectivity index (χ2v) is 6.07. The van der Waals surface area contributed by atoms with E-state index in [1.165, 1.54) is 0 Å². The second-order valence-electron chi connectivity index (χ2n) is 5.26. The van der Waals surface area contributed by atoms with E-state index in [1.54, 1.807) is 31.3 Å². The number of thiocarbonyl (C=S) groups is 1. The Morgan fingerprint density at radius 3 is 2.40 bits per heavy atom. The summed E-state index contributed by atoms with van der Waals surface area (Å²) >= 11 is 11.1. The van der Waals surface area contributed by atoms with Crippen LogP contribution in [-0.4, -0.2) is 24.0 Å². The van der Waals surface area contributed by atoms with Crippen LogP contribution in [0.3, 0.4) is 0 Å². The molecular formula is C18H18ClN3O2S. The van der Waals surface area contributed by atoms with Crippen LogP contribution in [0.15, 0.2) is 48.5 Å². The van der Waals surface area contributed by atoms with E-state index in [1.807, 2.05) is 24.3 Å². The van der Waals surface area contributed by atoms with E-state index in [2.05, 4.69) is 16.0 Å². The Morgan fingerprint density at radius 2 is 1.76 bits per heavy atom. The zero-order chi connectivity index (χ0) is 18.2. The van der Waals surface area contributed by atoms with Gasteiger partial charge in [-0.1, -0.05) is 35.9 Å². The average molecular weight is 376 g/mol. The first-order valence-electron chi connectivity index (χ1n) is 7.66. The largest absolute Gasteiger partial charge is 0.359 e. The van der Waals surface area contributed by atoms with Gasteiger partial charge in [-0.3, -0.25) is 14.9 Å². The number of hydrogen-bond donors (Lipinski definition) is 3. The maximum absolute atomic E-state index is 12.1. The molecule has 0 spiro atoms. The van der Waals surface area contributed by atoms with Crippen molar-refractivity contribution in [1.82, 2.24) is 10.6 Å². The van der Waals surface area contributed by atoms with Crippen molar-refractivity contribution in [2.24, 2.45) is 0 Å². The molecule has 2 rings (SSSR count). The summed E-state index contributed by atoms with van der Waals surface area (Å²) < 4.78 is 0. The minimum Gasteiger partial charge on any atom is -0.359 e. The van der Waals surface area contributed by atoms with E-state index in [9.17, 15) is 9.59 Å². The molecule has 5 nitrogen and oxygen atoms in total. The number of hydrogen-bond acceptors (Lipinski definition) is 3. The normalized spacial score (nSPS) is 10.0. The van der Waals surface area contributed by atoms with Gasteiger partial charge in [0.2, 0.25) is 5.91 Å². The van der Waals surface area contributed by atoms with Gasteiger partial charge in [0.1, 0.15) is 0 Å². The van der Waals surface area contributed by atoms with Crippen LogP contribution in [0.1, 0.15) is 22.3 Å². The molecule has 0 bridgehead atoms. The summed E-state index contributed by atoms with van der Waals surface area (Å²) in [5.41, 5.74) is 2.14. The lowest BCUT2D eigenvalue weighted by atomic mass is 10.1. The predicted molar refractivity (Wildman–Crippen MR) is 104 cm³/mol. The van der Waals surface area contributed by atoms with Gasteiger partial charge in [0, 0.05) is 19.2 Å². The minimum atomic E-state index is -0.370. The number of aryl methyl sites for hydroxylation is 1. The van der Waals surface area contributed by atoms with E-state index in [0.717, 1.165) is 11.3 Å². The number of amides is 2. The summed E-state index contributed by atoms with van der Waals surface area (Å²) in [5.74, 6) is -0.365. The van der Waals surface area contributed by atoms with Crippen molar-refractivity contribution in [2.75, 3.05) is 12.4 Å². The standard InChI is InChI=1S/C18H18ClN3O2S/c1-20-16(23)11-8-12-6-9-13(10-7-12)21-18(25)22-17(24)14-4-2-3-5-15(14)19/h2-7,9-10H,8,11H2,1H3,(H,20,23)(H2,21,22,24,25). The summed E-state index contributed by atoms with van der Waals surface area (Å²) in [6, 6.07) is 14.2. The lowest BCUT2D eigenvalue weighted by Crippen LogP contribution is -2.34. The second kappa shape index (κ2) is 9.15. The molecule has 0 aliphatic heterocycles. The van der Waals surface area contributed by atoms with Crippen molar-refractivity contribution >= 4 is 46.4 Å². The van der Waals surface area contributed by atoms with Gasteiger partial charge >= 0.3 is 0 Å². The Hall–Kier alpha value is -2.44. The van der Waals surface area contributed by atoms with Crippen molar-refractivity contribution < 1.29 is 9.59 Å². The summed E-state index contributed by atoms with van der Waals surface area (Å²) in [6.07, 6.45) is 1.10. The van der Waals surface area contributed by atoms with E-state index < -0.39 is 0 Å². The van der Waals surface area contributed by atoms with Gasteiger partial charge in [-0.05, 0) is 48.5 Å². The highest BCUT2D eigenvalue weighted by molar-refractivity contribution is 7.80. The lowest BCUT2D eigenvalue weighted by Gasteiger charge is -2.11. The predicted octanol–water partition coefficient (Wildman–Crippen LogP) is 3.15. The molecule has 0 saturated heterocycles. The van der Waals surface area contributed by atoms with Crippen LogP contribution in [-0.2, 0) is 11.2 Å². The van der Waals surface area contributed by atoms with Crippen molar-refractivity contribution in [3.05, 3.63) is 64.7 Å². The molecule has 0 fully saturated rings. The Kier molecular flexibility index (Phi) is 6.91. The highest BCUT2D eigenvalue weighted by Crippen LogP contribution is 2.15. The first-order valence-corrected chi connectivity index (χ1v) is 8.44. The zero-order valence-corrected chi connectivity index (χ0v) is 15.2. The molecular weight excluding hydrogens is 358 g/mol. The van der Waals surface area contributed by atoms with Crippen molar-refractivity contribution in [1.29, 1.82) is 0 Å². The molecule has 7 heteroatoms. The highest BCUT2D eigenvalue weighted by atomic mass is 35.5. The van der Waals surface area contributed by atoms with Crippen molar-refractivity contribution in [3.8, 4) is 0 Å². The monoisotopic (exact) mass is 375 g/mol. The Bertz CT molecular complexity index is 778. The van der Waals surface area contributed by atoms with Crippen molar-refractivity contribution in [2.45, 2.75) is 12.8 Å². The molecule has 0 atom stereocenters. The molecule has 2 aromatic carbocycles. The lowest BCUT2D eigenvalue weighted by molar-refractivity contribution is -0.120. The van der Waals surface area contributed by atoms with Crippen LogP contribution >= 0.6 is 23.8 Å². The number of carbonyl (C=O) groups is 2. The molecule has 2 aromatic rings. The van der Waals surface area contributed by atoms with Crippen LogP contribution in [0.25, 0.3) is 0 Å². The Labute approximate surface area is 156 Å². The number of benzene rings is 2. The quantitative estimate of drug-likeness (QED) is 0.702. The van der Waals surface area contributed by atoms with Gasteiger partial charge in [-0.25, -0.2) is 0 Å². The number of rotatable bonds is 5. The number of halogens is 1. The fourth-order valence-corrected chi connectivity index (χ4v) is 2.55. The first kappa shape index (κ1) is 18.9. The molecule has 25 heavy (non-hydrogen) atoms. The molecule has 0 aliphatic carbocycles. The fourth-order valence-electron chi connectivity index (χ4n) is 2.12. The molecule has 0 aliphatic rings. The van der Waals surface area contributed by atoms with Gasteiger partial charge in [-0.2, -0.15) is 0 Å². The summed E-state index contributed by atoms with van der Waals surface area (Å²) in [5, 5.41) is 8.67. The van der Waals surface area contributed by atoms with E-state index in [0.29, 0.717) is 23.4 Å². The van der Waals surface area contributed by atoms with Crippen LogP contribution in [0.5, 0.6) is 0 Å². The van der Waals surface area contributed by atoms with Gasteiger partial charge < -0.3 is 10.6 Å².